The fourth-order valence-electron chi connectivity index (χ4n) is 2.71. The SMILES string of the molecule is CCOC(=O)c1ccoc1CSc1nnc(-c2ccco2)n1-c1ccccc1. The Kier molecular flexibility index (Phi) is 5.29. The Morgan fingerprint density at radius 2 is 1.93 bits per heavy atom. The molecule has 8 heteroatoms. The van der Waals surface area contributed by atoms with Gasteiger partial charge in [-0.05, 0) is 37.3 Å². The van der Waals surface area contributed by atoms with Crippen LogP contribution in [0.5, 0.6) is 0 Å². The van der Waals surface area contributed by atoms with Gasteiger partial charge in [-0.2, -0.15) is 0 Å². The molecule has 0 atom stereocenters. The van der Waals surface area contributed by atoms with Gasteiger partial charge in [-0.25, -0.2) is 4.79 Å². The van der Waals surface area contributed by atoms with E-state index in [4.69, 9.17) is 13.6 Å². The van der Waals surface area contributed by atoms with E-state index in [9.17, 15) is 4.79 Å². The lowest BCUT2D eigenvalue weighted by Crippen LogP contribution is -2.05. The van der Waals surface area contributed by atoms with Gasteiger partial charge < -0.3 is 13.6 Å². The molecule has 7 nitrogen and oxygen atoms in total. The molecule has 142 valence electrons. The topological polar surface area (TPSA) is 83.3 Å². The molecule has 4 aromatic rings. The van der Waals surface area contributed by atoms with Gasteiger partial charge in [-0.1, -0.05) is 30.0 Å². The lowest BCUT2D eigenvalue weighted by Gasteiger charge is -2.09. The standard InChI is InChI=1S/C20H17N3O4S/c1-2-25-19(24)15-10-12-27-17(15)13-28-20-22-21-18(16-9-6-11-26-16)23(20)14-7-4-3-5-8-14/h3-12H,2,13H2,1H3. The number of ether oxygens (including phenoxy) is 1. The van der Waals surface area contributed by atoms with Crippen molar-refractivity contribution in [3.8, 4) is 17.3 Å². The number of furan rings is 2. The van der Waals surface area contributed by atoms with Crippen LogP contribution in [0.3, 0.4) is 0 Å². The minimum Gasteiger partial charge on any atom is -0.468 e. The Bertz CT molecular complexity index is 1050. The van der Waals surface area contributed by atoms with Crippen molar-refractivity contribution in [1.29, 1.82) is 0 Å². The smallest absolute Gasteiger partial charge is 0.341 e. The van der Waals surface area contributed by atoms with Gasteiger partial charge in [0, 0.05) is 5.69 Å². The number of carbonyl (C=O) groups excluding carboxylic acids is 1. The summed E-state index contributed by atoms with van der Waals surface area (Å²) in [5.74, 6) is 1.76. The third-order valence-electron chi connectivity index (χ3n) is 3.96. The maximum Gasteiger partial charge on any atom is 0.341 e. The van der Waals surface area contributed by atoms with E-state index in [0.29, 0.717) is 40.4 Å². The van der Waals surface area contributed by atoms with Crippen molar-refractivity contribution in [2.75, 3.05) is 6.61 Å². The molecule has 4 rings (SSSR count). The molecule has 0 saturated heterocycles. The van der Waals surface area contributed by atoms with Crippen molar-refractivity contribution in [3.05, 3.63) is 72.4 Å². The van der Waals surface area contributed by atoms with Gasteiger partial charge in [-0.3, -0.25) is 4.57 Å². The van der Waals surface area contributed by atoms with Gasteiger partial charge in [0.1, 0.15) is 11.3 Å². The molecule has 0 aliphatic carbocycles. The quantitative estimate of drug-likeness (QED) is 0.334. The predicted octanol–water partition coefficient (Wildman–Crippen LogP) is 4.59. The fraction of sp³-hybridized carbons (Fsp3) is 0.150. The van der Waals surface area contributed by atoms with Gasteiger partial charge in [0.15, 0.2) is 10.9 Å². The molecule has 0 fully saturated rings. The molecule has 0 aliphatic heterocycles. The molecule has 28 heavy (non-hydrogen) atoms. The van der Waals surface area contributed by atoms with Gasteiger partial charge in [-0.15, -0.1) is 10.2 Å². The first-order chi connectivity index (χ1) is 13.8. The van der Waals surface area contributed by atoms with Gasteiger partial charge in [0.05, 0.1) is 24.9 Å². The number of benzene rings is 1. The van der Waals surface area contributed by atoms with E-state index in [1.165, 1.54) is 18.0 Å². The molecule has 3 aromatic heterocycles. The van der Waals surface area contributed by atoms with E-state index >= 15 is 0 Å². The highest BCUT2D eigenvalue weighted by molar-refractivity contribution is 7.98. The summed E-state index contributed by atoms with van der Waals surface area (Å²) in [5, 5.41) is 9.27. The molecule has 0 radical (unpaired) electrons. The number of nitrogens with zero attached hydrogens (tertiary/aromatic N) is 3. The number of para-hydroxylation sites is 1. The van der Waals surface area contributed by atoms with Crippen LogP contribution in [-0.2, 0) is 10.5 Å². The largest absolute Gasteiger partial charge is 0.468 e. The lowest BCUT2D eigenvalue weighted by atomic mass is 10.3. The van der Waals surface area contributed by atoms with E-state index in [1.54, 1.807) is 25.3 Å². The second-order valence-corrected chi connectivity index (χ2v) is 6.66. The van der Waals surface area contributed by atoms with E-state index in [1.807, 2.05) is 41.0 Å². The van der Waals surface area contributed by atoms with Crippen molar-refractivity contribution >= 4 is 17.7 Å². The second-order valence-electron chi connectivity index (χ2n) is 5.72. The van der Waals surface area contributed by atoms with Crippen LogP contribution in [0, 0.1) is 0 Å². The summed E-state index contributed by atoms with van der Waals surface area (Å²) in [6.45, 7) is 2.08. The third-order valence-corrected chi connectivity index (χ3v) is 4.89. The Labute approximate surface area is 165 Å². The maximum absolute atomic E-state index is 12.0. The molecule has 0 N–H and O–H groups in total. The summed E-state index contributed by atoms with van der Waals surface area (Å²) < 4.78 is 18.0. The zero-order valence-corrected chi connectivity index (χ0v) is 15.9. The first kappa shape index (κ1) is 18.1. The van der Waals surface area contributed by atoms with E-state index in [0.717, 1.165) is 5.69 Å². The molecule has 0 unspecified atom stereocenters. The van der Waals surface area contributed by atoms with Crippen LogP contribution < -0.4 is 0 Å². The summed E-state index contributed by atoms with van der Waals surface area (Å²) in [4.78, 5) is 12.0. The Morgan fingerprint density at radius 3 is 2.68 bits per heavy atom. The van der Waals surface area contributed by atoms with E-state index in [-0.39, 0.29) is 0 Å². The molecule has 1 aromatic carbocycles. The minimum atomic E-state index is -0.396. The average molecular weight is 395 g/mol. The van der Waals surface area contributed by atoms with E-state index in [2.05, 4.69) is 10.2 Å². The highest BCUT2D eigenvalue weighted by atomic mass is 32.2. The number of hydrogen-bond acceptors (Lipinski definition) is 7. The number of rotatable bonds is 7. The number of thioether (sulfide) groups is 1. The Balaban J connectivity index is 1.65. The van der Waals surface area contributed by atoms with Crippen LogP contribution in [0.1, 0.15) is 23.0 Å². The third kappa shape index (κ3) is 3.59. The van der Waals surface area contributed by atoms with Gasteiger partial charge in [0.25, 0.3) is 0 Å². The Hall–Kier alpha value is -3.26. The van der Waals surface area contributed by atoms with Crippen LogP contribution in [0.15, 0.2) is 75.0 Å². The van der Waals surface area contributed by atoms with Crippen molar-refractivity contribution in [2.45, 2.75) is 17.8 Å². The van der Waals surface area contributed by atoms with Crippen molar-refractivity contribution in [2.24, 2.45) is 0 Å². The molecule has 0 aliphatic rings. The summed E-state index contributed by atoms with van der Waals surface area (Å²) >= 11 is 1.41. The highest BCUT2D eigenvalue weighted by Gasteiger charge is 2.20. The maximum atomic E-state index is 12.0. The second kappa shape index (κ2) is 8.18. The first-order valence-corrected chi connectivity index (χ1v) is 9.67. The Morgan fingerprint density at radius 1 is 1.07 bits per heavy atom. The molecule has 0 amide bonds. The van der Waals surface area contributed by atoms with Crippen LogP contribution >= 0.6 is 11.8 Å². The van der Waals surface area contributed by atoms with Crippen molar-refractivity contribution < 1.29 is 18.4 Å². The summed E-state index contributed by atoms with van der Waals surface area (Å²) in [6, 6.07) is 15.0. The highest BCUT2D eigenvalue weighted by Crippen LogP contribution is 2.30. The molecule has 0 bridgehead atoms. The summed E-state index contributed by atoms with van der Waals surface area (Å²) in [5.41, 5.74) is 1.33. The monoisotopic (exact) mass is 395 g/mol. The molecule has 0 spiro atoms. The van der Waals surface area contributed by atoms with Crippen molar-refractivity contribution in [1.82, 2.24) is 14.8 Å². The first-order valence-electron chi connectivity index (χ1n) is 8.69. The number of aromatic nitrogens is 3. The predicted molar refractivity (Wildman–Crippen MR) is 103 cm³/mol. The minimum absolute atomic E-state index is 0.311. The zero-order chi connectivity index (χ0) is 19.3. The molecule has 3 heterocycles. The van der Waals surface area contributed by atoms with Gasteiger partial charge in [0.2, 0.25) is 5.82 Å². The fourth-order valence-corrected chi connectivity index (χ4v) is 3.62. The molecule has 0 saturated carbocycles. The van der Waals surface area contributed by atoms with Crippen LogP contribution in [0.25, 0.3) is 17.3 Å². The number of carbonyl (C=O) groups is 1. The number of esters is 1. The summed E-state index contributed by atoms with van der Waals surface area (Å²) in [7, 11) is 0. The molecular weight excluding hydrogens is 378 g/mol. The van der Waals surface area contributed by atoms with Crippen LogP contribution in [-0.4, -0.2) is 27.3 Å². The molecular formula is C20H17N3O4S. The average Bonchev–Trinajstić information content (AvgIpc) is 3.46. The number of hydrogen-bond donors (Lipinski definition) is 0. The normalized spacial score (nSPS) is 10.9. The lowest BCUT2D eigenvalue weighted by molar-refractivity contribution is 0.0524. The van der Waals surface area contributed by atoms with Crippen molar-refractivity contribution in [3.63, 3.8) is 0 Å². The van der Waals surface area contributed by atoms with Gasteiger partial charge >= 0.3 is 5.97 Å². The van der Waals surface area contributed by atoms with E-state index < -0.39 is 5.97 Å². The summed E-state index contributed by atoms with van der Waals surface area (Å²) in [6.07, 6.45) is 3.08. The zero-order valence-electron chi connectivity index (χ0n) is 15.1. The van der Waals surface area contributed by atoms with Crippen LogP contribution in [0.2, 0.25) is 0 Å². The van der Waals surface area contributed by atoms with Crippen LogP contribution in [0.4, 0.5) is 0 Å².